The molecule has 0 bridgehead atoms. The molecule has 5 rings (SSSR count). The van der Waals surface area contributed by atoms with E-state index < -0.39 is 5.54 Å². The molecule has 0 saturated heterocycles. The van der Waals surface area contributed by atoms with Gasteiger partial charge in [-0.3, -0.25) is 4.98 Å². The summed E-state index contributed by atoms with van der Waals surface area (Å²) >= 11 is 6.17. The lowest BCUT2D eigenvalue weighted by Gasteiger charge is -2.48. The summed E-state index contributed by atoms with van der Waals surface area (Å²) in [4.78, 5) is 9.09. The zero-order valence-electron chi connectivity index (χ0n) is 17.2. The maximum absolute atomic E-state index is 6.46. The Morgan fingerprint density at radius 1 is 1.20 bits per heavy atom. The highest BCUT2D eigenvalue weighted by atomic mass is 35.5. The number of hydrogen-bond donors (Lipinski definition) is 1. The Morgan fingerprint density at radius 2 is 2.07 bits per heavy atom. The number of halogens is 1. The van der Waals surface area contributed by atoms with Crippen LogP contribution in [0.25, 0.3) is 11.1 Å². The third-order valence-electron chi connectivity index (χ3n) is 6.33. The van der Waals surface area contributed by atoms with Gasteiger partial charge in [-0.25, -0.2) is 4.99 Å². The standard InChI is InChI=1S/C23H26ClN3O3/c1-13(2)29-17-4-6-21-19(9-17)23(12-28-22(25)27-23)18-8-14(3-5-20(18)30-21)15-7-16(24)11-26-10-15/h3,5,7-8,10-11,13,17,19,21H,4,6,9,12H2,1-2H3,(H2,25,27)/t17-,19-,21-,23?/m0/s1. The fraction of sp³-hybridized carbons (Fsp3) is 0.478. The van der Waals surface area contributed by atoms with E-state index in [4.69, 9.17) is 36.5 Å². The van der Waals surface area contributed by atoms with Crippen molar-refractivity contribution >= 4 is 17.6 Å². The molecule has 1 aliphatic carbocycles. The minimum Gasteiger partial charge on any atom is -0.490 e. The van der Waals surface area contributed by atoms with Crippen LogP contribution in [0.2, 0.25) is 5.02 Å². The summed E-state index contributed by atoms with van der Waals surface area (Å²) in [6.07, 6.45) is 6.66. The predicted octanol–water partition coefficient (Wildman–Crippen LogP) is 4.30. The molecule has 2 N–H and O–H groups in total. The molecule has 1 aromatic heterocycles. The molecule has 4 atom stereocenters. The number of aromatic nitrogens is 1. The van der Waals surface area contributed by atoms with Crippen molar-refractivity contribution in [2.24, 2.45) is 16.6 Å². The largest absolute Gasteiger partial charge is 0.490 e. The maximum atomic E-state index is 6.46. The molecule has 158 valence electrons. The molecule has 2 aromatic rings. The SMILES string of the molecule is CC(C)O[C@H]1CC[C@@H]2Oc3ccc(-c4cncc(Cl)c4)cc3C3(COC(N)=N3)[C@H]2C1. The van der Waals surface area contributed by atoms with Gasteiger partial charge in [0.25, 0.3) is 6.02 Å². The molecule has 30 heavy (non-hydrogen) atoms. The predicted molar refractivity (Wildman–Crippen MR) is 116 cm³/mol. The first-order valence-electron chi connectivity index (χ1n) is 10.5. The molecule has 6 nitrogen and oxygen atoms in total. The molecule has 1 aromatic carbocycles. The zero-order valence-corrected chi connectivity index (χ0v) is 17.9. The molecular formula is C23H26ClN3O3. The maximum Gasteiger partial charge on any atom is 0.283 e. The third kappa shape index (κ3) is 3.32. The van der Waals surface area contributed by atoms with Crippen molar-refractivity contribution in [3.8, 4) is 16.9 Å². The molecule has 1 saturated carbocycles. The third-order valence-corrected chi connectivity index (χ3v) is 6.54. The van der Waals surface area contributed by atoms with Gasteiger partial charge in [-0.05, 0) is 56.9 Å². The molecule has 3 heterocycles. The summed E-state index contributed by atoms with van der Waals surface area (Å²) in [7, 11) is 0. The van der Waals surface area contributed by atoms with Gasteiger partial charge in [-0.15, -0.1) is 0 Å². The lowest BCUT2D eigenvalue weighted by atomic mass is 9.67. The number of pyridine rings is 1. The summed E-state index contributed by atoms with van der Waals surface area (Å²) in [6.45, 7) is 4.57. The van der Waals surface area contributed by atoms with Crippen LogP contribution >= 0.6 is 11.6 Å². The van der Waals surface area contributed by atoms with Crippen LogP contribution in [0.4, 0.5) is 0 Å². The minimum absolute atomic E-state index is 0.0708. The fourth-order valence-corrected chi connectivity index (χ4v) is 5.29. The molecular weight excluding hydrogens is 402 g/mol. The Bertz CT molecular complexity index is 995. The first-order chi connectivity index (χ1) is 14.4. The molecule has 1 fully saturated rings. The summed E-state index contributed by atoms with van der Waals surface area (Å²) in [5.41, 5.74) is 8.43. The van der Waals surface area contributed by atoms with Crippen LogP contribution in [-0.4, -0.2) is 35.9 Å². The average molecular weight is 428 g/mol. The lowest BCUT2D eigenvalue weighted by Crippen LogP contribution is -2.52. The number of nitrogens with zero attached hydrogens (tertiary/aromatic N) is 2. The lowest BCUT2D eigenvalue weighted by molar-refractivity contribution is -0.0791. The van der Waals surface area contributed by atoms with Gasteiger partial charge in [0.1, 0.15) is 24.0 Å². The van der Waals surface area contributed by atoms with Crippen molar-refractivity contribution in [1.29, 1.82) is 0 Å². The van der Waals surface area contributed by atoms with Gasteiger partial charge in [0, 0.05) is 29.4 Å². The second-order valence-corrected chi connectivity index (χ2v) is 9.08. The van der Waals surface area contributed by atoms with Crippen LogP contribution in [0, 0.1) is 5.92 Å². The molecule has 3 aliphatic rings. The van der Waals surface area contributed by atoms with E-state index >= 15 is 0 Å². The number of fused-ring (bicyclic) bond motifs is 4. The molecule has 1 spiro atoms. The van der Waals surface area contributed by atoms with Gasteiger partial charge in [0.2, 0.25) is 0 Å². The molecule has 7 heteroatoms. The summed E-state index contributed by atoms with van der Waals surface area (Å²) in [6, 6.07) is 8.33. The van der Waals surface area contributed by atoms with E-state index in [1.54, 1.807) is 6.20 Å². The number of amidine groups is 1. The first-order valence-corrected chi connectivity index (χ1v) is 10.9. The van der Waals surface area contributed by atoms with Crippen molar-refractivity contribution in [2.45, 2.75) is 57.0 Å². The van der Waals surface area contributed by atoms with Crippen LogP contribution in [0.1, 0.15) is 38.7 Å². The highest BCUT2D eigenvalue weighted by Crippen LogP contribution is 2.53. The number of aliphatic imine (C=N–C) groups is 1. The molecule has 0 amide bonds. The minimum atomic E-state index is -0.566. The summed E-state index contributed by atoms with van der Waals surface area (Å²) < 4.78 is 18.4. The molecule has 1 unspecified atom stereocenters. The van der Waals surface area contributed by atoms with E-state index in [9.17, 15) is 0 Å². The molecule has 2 aliphatic heterocycles. The van der Waals surface area contributed by atoms with Crippen molar-refractivity contribution in [3.63, 3.8) is 0 Å². The van der Waals surface area contributed by atoms with Crippen LogP contribution in [0.15, 0.2) is 41.7 Å². The van der Waals surface area contributed by atoms with E-state index in [0.29, 0.717) is 11.6 Å². The van der Waals surface area contributed by atoms with Crippen LogP contribution < -0.4 is 10.5 Å². The van der Waals surface area contributed by atoms with Crippen LogP contribution in [0.5, 0.6) is 5.75 Å². The Hall–Kier alpha value is -2.31. The van der Waals surface area contributed by atoms with Crippen molar-refractivity contribution in [2.75, 3.05) is 6.61 Å². The Morgan fingerprint density at radius 3 is 2.80 bits per heavy atom. The Kier molecular flexibility index (Phi) is 4.86. The number of hydrogen-bond acceptors (Lipinski definition) is 6. The number of ether oxygens (including phenoxy) is 3. The number of nitrogens with two attached hydrogens (primary N) is 1. The van der Waals surface area contributed by atoms with Crippen molar-refractivity contribution < 1.29 is 14.2 Å². The van der Waals surface area contributed by atoms with Gasteiger partial charge < -0.3 is 19.9 Å². The van der Waals surface area contributed by atoms with Crippen molar-refractivity contribution in [1.82, 2.24) is 4.98 Å². The van der Waals surface area contributed by atoms with Gasteiger partial charge in [0.05, 0.1) is 17.2 Å². The first kappa shape index (κ1) is 19.6. The van der Waals surface area contributed by atoms with E-state index in [-0.39, 0.29) is 30.3 Å². The van der Waals surface area contributed by atoms with E-state index in [0.717, 1.165) is 41.7 Å². The monoisotopic (exact) mass is 427 g/mol. The Balaban J connectivity index is 1.59. The van der Waals surface area contributed by atoms with E-state index in [2.05, 4.69) is 24.9 Å². The van der Waals surface area contributed by atoms with Crippen LogP contribution in [0.3, 0.4) is 0 Å². The van der Waals surface area contributed by atoms with Gasteiger partial charge in [-0.2, -0.15) is 0 Å². The molecule has 0 radical (unpaired) electrons. The van der Waals surface area contributed by atoms with Gasteiger partial charge in [-0.1, -0.05) is 17.7 Å². The quantitative estimate of drug-likeness (QED) is 0.790. The second-order valence-electron chi connectivity index (χ2n) is 8.65. The number of rotatable bonds is 3. The number of benzene rings is 1. The second kappa shape index (κ2) is 7.43. The van der Waals surface area contributed by atoms with E-state index in [1.165, 1.54) is 0 Å². The fourth-order valence-electron chi connectivity index (χ4n) is 5.11. The van der Waals surface area contributed by atoms with Crippen LogP contribution in [-0.2, 0) is 15.0 Å². The topological polar surface area (TPSA) is 79.0 Å². The average Bonchev–Trinajstić information content (AvgIpc) is 3.10. The zero-order chi connectivity index (χ0) is 20.9. The van der Waals surface area contributed by atoms with Gasteiger partial charge >= 0.3 is 0 Å². The summed E-state index contributed by atoms with van der Waals surface area (Å²) in [5.74, 6) is 0.983. The highest BCUT2D eigenvalue weighted by molar-refractivity contribution is 6.30. The summed E-state index contributed by atoms with van der Waals surface area (Å²) in [5, 5.41) is 0.601. The van der Waals surface area contributed by atoms with Gasteiger partial charge in [0.15, 0.2) is 0 Å². The smallest absolute Gasteiger partial charge is 0.283 e. The Labute approximate surface area is 181 Å². The normalized spacial score (nSPS) is 29.7. The highest BCUT2D eigenvalue weighted by Gasteiger charge is 2.55. The van der Waals surface area contributed by atoms with E-state index in [1.807, 2.05) is 24.4 Å². The van der Waals surface area contributed by atoms with Crippen molar-refractivity contribution in [3.05, 3.63) is 47.2 Å².